The number of hydrogen-bond donors (Lipinski definition) is 1. The Balaban J connectivity index is 2.18. The summed E-state index contributed by atoms with van der Waals surface area (Å²) in [4.78, 5) is 25.3. The monoisotopic (exact) mass is 307 g/mol. The summed E-state index contributed by atoms with van der Waals surface area (Å²) in [6, 6.07) is 5.00. The lowest BCUT2D eigenvalue weighted by Gasteiger charge is -2.17. The fourth-order valence-corrected chi connectivity index (χ4v) is 2.71. The van der Waals surface area contributed by atoms with E-state index in [1.165, 1.54) is 7.11 Å². The number of hydrogen-bond acceptors (Lipinski definition) is 4. The van der Waals surface area contributed by atoms with Gasteiger partial charge in [-0.05, 0) is 31.0 Å². The number of carboxylic acids is 1. The third-order valence-corrected chi connectivity index (χ3v) is 3.93. The first kappa shape index (κ1) is 16.1. The topological polar surface area (TPSA) is 76.1 Å². The standard InChI is InChI=1S/C16H21NO5/c1-4-22-13-6-5-11(7-14(13)21-3)15(18)17-8-10(2)12(9-17)16(19)20/h5-7,10,12H,4,8-9H2,1-3H3,(H,19,20)/t10-,12-/m1/s1. The predicted octanol–water partition coefficient (Wildman–Crippen LogP) is 1.89. The third-order valence-electron chi connectivity index (χ3n) is 3.93. The lowest BCUT2D eigenvalue weighted by molar-refractivity contribution is -0.142. The molecular formula is C16H21NO5. The summed E-state index contributed by atoms with van der Waals surface area (Å²) in [5, 5.41) is 9.16. The molecule has 0 aliphatic carbocycles. The van der Waals surface area contributed by atoms with E-state index in [1.807, 2.05) is 13.8 Å². The first-order valence-corrected chi connectivity index (χ1v) is 7.30. The lowest BCUT2D eigenvalue weighted by atomic mass is 9.99. The Morgan fingerprint density at radius 1 is 1.32 bits per heavy atom. The maximum atomic E-state index is 12.5. The number of amides is 1. The van der Waals surface area contributed by atoms with E-state index >= 15 is 0 Å². The van der Waals surface area contributed by atoms with E-state index < -0.39 is 11.9 Å². The summed E-state index contributed by atoms with van der Waals surface area (Å²) in [7, 11) is 1.52. The van der Waals surface area contributed by atoms with Crippen LogP contribution < -0.4 is 9.47 Å². The smallest absolute Gasteiger partial charge is 0.308 e. The van der Waals surface area contributed by atoms with Gasteiger partial charge < -0.3 is 19.5 Å². The second-order valence-electron chi connectivity index (χ2n) is 5.43. The van der Waals surface area contributed by atoms with Crippen molar-refractivity contribution >= 4 is 11.9 Å². The van der Waals surface area contributed by atoms with E-state index in [1.54, 1.807) is 23.1 Å². The lowest BCUT2D eigenvalue weighted by Crippen LogP contribution is -2.29. The molecule has 0 unspecified atom stereocenters. The van der Waals surface area contributed by atoms with Crippen LogP contribution in [0.2, 0.25) is 0 Å². The van der Waals surface area contributed by atoms with Crippen molar-refractivity contribution in [2.75, 3.05) is 26.8 Å². The van der Waals surface area contributed by atoms with Gasteiger partial charge in [0.2, 0.25) is 0 Å². The van der Waals surface area contributed by atoms with Crippen molar-refractivity contribution in [3.05, 3.63) is 23.8 Å². The number of benzene rings is 1. The van der Waals surface area contributed by atoms with Gasteiger partial charge in [0.25, 0.3) is 5.91 Å². The van der Waals surface area contributed by atoms with Crippen LogP contribution in [0.4, 0.5) is 0 Å². The summed E-state index contributed by atoms with van der Waals surface area (Å²) in [6.07, 6.45) is 0. The Kier molecular flexibility index (Phi) is 4.90. The number of nitrogens with zero attached hydrogens (tertiary/aromatic N) is 1. The molecule has 120 valence electrons. The number of carbonyl (C=O) groups is 2. The van der Waals surface area contributed by atoms with E-state index in [4.69, 9.17) is 14.6 Å². The number of methoxy groups -OCH3 is 1. The number of likely N-dealkylation sites (tertiary alicyclic amines) is 1. The van der Waals surface area contributed by atoms with Gasteiger partial charge in [-0.15, -0.1) is 0 Å². The van der Waals surface area contributed by atoms with Crippen LogP contribution in [0.5, 0.6) is 11.5 Å². The van der Waals surface area contributed by atoms with Crippen LogP contribution in [-0.2, 0) is 4.79 Å². The van der Waals surface area contributed by atoms with Crippen molar-refractivity contribution < 1.29 is 24.2 Å². The van der Waals surface area contributed by atoms with Gasteiger partial charge in [0.05, 0.1) is 19.6 Å². The van der Waals surface area contributed by atoms with E-state index in [-0.39, 0.29) is 18.4 Å². The van der Waals surface area contributed by atoms with Crippen LogP contribution in [-0.4, -0.2) is 48.7 Å². The van der Waals surface area contributed by atoms with Crippen LogP contribution in [0.1, 0.15) is 24.2 Å². The second kappa shape index (κ2) is 6.68. The molecule has 0 saturated carbocycles. The molecule has 1 fully saturated rings. The van der Waals surface area contributed by atoms with Gasteiger partial charge >= 0.3 is 5.97 Å². The molecule has 0 bridgehead atoms. The first-order chi connectivity index (χ1) is 10.5. The minimum Gasteiger partial charge on any atom is -0.493 e. The van der Waals surface area contributed by atoms with Gasteiger partial charge in [-0.1, -0.05) is 6.92 Å². The maximum Gasteiger partial charge on any atom is 0.308 e. The second-order valence-corrected chi connectivity index (χ2v) is 5.43. The Labute approximate surface area is 129 Å². The van der Waals surface area contributed by atoms with Crippen LogP contribution in [0.25, 0.3) is 0 Å². The van der Waals surface area contributed by atoms with Gasteiger partial charge in [-0.25, -0.2) is 0 Å². The summed E-state index contributed by atoms with van der Waals surface area (Å²) < 4.78 is 10.7. The molecular weight excluding hydrogens is 286 g/mol. The predicted molar refractivity (Wildman–Crippen MR) is 80.4 cm³/mol. The van der Waals surface area contributed by atoms with Crippen LogP contribution in [0, 0.1) is 11.8 Å². The molecule has 0 spiro atoms. The molecule has 1 amide bonds. The van der Waals surface area contributed by atoms with E-state index in [9.17, 15) is 9.59 Å². The van der Waals surface area contributed by atoms with E-state index in [2.05, 4.69) is 0 Å². The normalized spacial score (nSPS) is 20.8. The number of rotatable bonds is 5. The molecule has 1 aromatic rings. The summed E-state index contributed by atoms with van der Waals surface area (Å²) in [5.74, 6) is -0.516. The summed E-state index contributed by atoms with van der Waals surface area (Å²) in [6.45, 7) is 4.92. The molecule has 6 heteroatoms. The molecule has 0 radical (unpaired) electrons. The van der Waals surface area contributed by atoms with Gasteiger partial charge in [-0.2, -0.15) is 0 Å². The Bertz CT molecular complexity index is 572. The molecule has 6 nitrogen and oxygen atoms in total. The highest BCUT2D eigenvalue weighted by Gasteiger charge is 2.37. The zero-order valence-corrected chi connectivity index (χ0v) is 13.0. The number of carboxylic acid groups (broad SMARTS) is 1. The minimum absolute atomic E-state index is 0.0500. The molecule has 1 aromatic carbocycles. The van der Waals surface area contributed by atoms with Gasteiger partial charge in [0.1, 0.15) is 0 Å². The SMILES string of the molecule is CCOc1ccc(C(=O)N2C[C@@H](C)[C@H](C(=O)O)C2)cc1OC. The van der Waals surface area contributed by atoms with Crippen LogP contribution in [0.3, 0.4) is 0 Å². The summed E-state index contributed by atoms with van der Waals surface area (Å²) >= 11 is 0. The average molecular weight is 307 g/mol. The Hall–Kier alpha value is -2.24. The molecule has 1 saturated heterocycles. The van der Waals surface area contributed by atoms with Crippen molar-refractivity contribution in [1.29, 1.82) is 0 Å². The zero-order valence-electron chi connectivity index (χ0n) is 13.0. The van der Waals surface area contributed by atoms with Crippen molar-refractivity contribution in [2.24, 2.45) is 11.8 Å². The van der Waals surface area contributed by atoms with Crippen molar-refractivity contribution in [2.45, 2.75) is 13.8 Å². The third kappa shape index (κ3) is 3.16. The van der Waals surface area contributed by atoms with E-state index in [0.717, 1.165) is 0 Å². The van der Waals surface area contributed by atoms with Crippen molar-refractivity contribution in [1.82, 2.24) is 4.90 Å². The van der Waals surface area contributed by atoms with Crippen LogP contribution in [0.15, 0.2) is 18.2 Å². The largest absolute Gasteiger partial charge is 0.493 e. The first-order valence-electron chi connectivity index (χ1n) is 7.30. The molecule has 1 heterocycles. The molecule has 0 aromatic heterocycles. The van der Waals surface area contributed by atoms with Gasteiger partial charge in [-0.3, -0.25) is 9.59 Å². The summed E-state index contributed by atoms with van der Waals surface area (Å²) in [5.41, 5.74) is 0.471. The zero-order chi connectivity index (χ0) is 16.3. The minimum atomic E-state index is -0.855. The Morgan fingerprint density at radius 2 is 2.05 bits per heavy atom. The highest BCUT2D eigenvalue weighted by Crippen LogP contribution is 2.30. The van der Waals surface area contributed by atoms with Crippen molar-refractivity contribution in [3.8, 4) is 11.5 Å². The van der Waals surface area contributed by atoms with E-state index in [0.29, 0.717) is 30.2 Å². The fraction of sp³-hybridized carbons (Fsp3) is 0.500. The highest BCUT2D eigenvalue weighted by atomic mass is 16.5. The van der Waals surface area contributed by atoms with Crippen LogP contribution >= 0.6 is 0 Å². The van der Waals surface area contributed by atoms with Crippen molar-refractivity contribution in [3.63, 3.8) is 0 Å². The fourth-order valence-electron chi connectivity index (χ4n) is 2.71. The molecule has 2 rings (SSSR count). The number of aliphatic carboxylic acids is 1. The highest BCUT2D eigenvalue weighted by molar-refractivity contribution is 5.95. The van der Waals surface area contributed by atoms with Gasteiger partial charge in [0, 0.05) is 18.7 Å². The molecule has 1 aliphatic rings. The molecule has 2 atom stereocenters. The Morgan fingerprint density at radius 3 is 2.59 bits per heavy atom. The number of ether oxygens (including phenoxy) is 2. The molecule has 22 heavy (non-hydrogen) atoms. The number of carbonyl (C=O) groups excluding carboxylic acids is 1. The molecule has 1 aliphatic heterocycles. The van der Waals surface area contributed by atoms with Gasteiger partial charge in [0.15, 0.2) is 11.5 Å². The average Bonchev–Trinajstić information content (AvgIpc) is 2.89. The quantitative estimate of drug-likeness (QED) is 0.899. The molecule has 1 N–H and O–H groups in total. The maximum absolute atomic E-state index is 12.5.